The molecule has 0 heterocycles. The lowest BCUT2D eigenvalue weighted by atomic mass is 9.78. The Kier molecular flexibility index (Phi) is 7.47. The molecule has 186 valence electrons. The summed E-state index contributed by atoms with van der Waals surface area (Å²) in [5.74, 6) is -1.15. The summed E-state index contributed by atoms with van der Waals surface area (Å²) in [6, 6.07) is 17.5. The van der Waals surface area contributed by atoms with Crippen molar-refractivity contribution in [2.75, 3.05) is 0 Å². The van der Waals surface area contributed by atoms with Crippen LogP contribution in [0.3, 0.4) is 0 Å². The largest absolute Gasteiger partial charge is 0.573 e. The summed E-state index contributed by atoms with van der Waals surface area (Å²) in [5.41, 5.74) is 4.83. The third-order valence-corrected chi connectivity index (χ3v) is 5.09. The molecular formula is C24H20F6N2O3. The predicted octanol–water partition coefficient (Wildman–Crippen LogP) is 6.03. The third-order valence-electron chi connectivity index (χ3n) is 5.09. The number of ether oxygens (including phenoxy) is 2. The van der Waals surface area contributed by atoms with Crippen LogP contribution in [0.15, 0.2) is 78.9 Å². The summed E-state index contributed by atoms with van der Waals surface area (Å²) >= 11 is 0. The molecule has 3 aromatic rings. The smallest absolute Gasteiger partial charge is 0.406 e. The Labute approximate surface area is 196 Å². The van der Waals surface area contributed by atoms with Crippen LogP contribution in [0.1, 0.15) is 23.1 Å². The molecule has 11 heteroatoms. The van der Waals surface area contributed by atoms with E-state index in [0.29, 0.717) is 0 Å². The summed E-state index contributed by atoms with van der Waals surface area (Å²) in [7, 11) is 0. The molecule has 3 aromatic carbocycles. The zero-order valence-electron chi connectivity index (χ0n) is 18.0. The average molecular weight is 498 g/mol. The lowest BCUT2D eigenvalue weighted by Crippen LogP contribution is -2.49. The number of alkyl halides is 6. The molecule has 0 unspecified atom stereocenters. The number of nitrogens with one attached hydrogen (secondary N) is 1. The van der Waals surface area contributed by atoms with Gasteiger partial charge in [0.05, 0.1) is 5.54 Å². The normalized spacial score (nSPS) is 12.2. The van der Waals surface area contributed by atoms with E-state index in [1.54, 1.807) is 30.3 Å². The van der Waals surface area contributed by atoms with Gasteiger partial charge in [0, 0.05) is 0 Å². The van der Waals surface area contributed by atoms with Gasteiger partial charge in [0.25, 0.3) is 0 Å². The molecule has 0 atom stereocenters. The van der Waals surface area contributed by atoms with Crippen molar-refractivity contribution >= 4 is 6.03 Å². The van der Waals surface area contributed by atoms with E-state index in [0.717, 1.165) is 29.8 Å². The van der Waals surface area contributed by atoms with E-state index in [1.807, 2.05) is 0 Å². The van der Waals surface area contributed by atoms with Crippen LogP contribution in [-0.2, 0) is 12.0 Å². The van der Waals surface area contributed by atoms with E-state index in [9.17, 15) is 31.1 Å². The average Bonchev–Trinajstić information content (AvgIpc) is 2.75. The van der Waals surface area contributed by atoms with Gasteiger partial charge in [0.1, 0.15) is 11.5 Å². The van der Waals surface area contributed by atoms with Gasteiger partial charge in [-0.3, -0.25) is 0 Å². The van der Waals surface area contributed by atoms with Gasteiger partial charge in [-0.2, -0.15) is 0 Å². The number of urea groups is 1. The number of hydrogen-bond donors (Lipinski definition) is 2. The van der Waals surface area contributed by atoms with Crippen molar-refractivity contribution in [2.24, 2.45) is 5.73 Å². The zero-order valence-corrected chi connectivity index (χ0v) is 18.0. The number of halogens is 6. The molecule has 0 saturated carbocycles. The molecule has 0 radical (unpaired) electrons. The molecule has 0 aromatic heterocycles. The maximum absolute atomic E-state index is 12.8. The molecule has 0 saturated heterocycles. The van der Waals surface area contributed by atoms with Crippen LogP contribution in [0.5, 0.6) is 11.5 Å². The van der Waals surface area contributed by atoms with Crippen molar-refractivity contribution in [3.8, 4) is 11.5 Å². The van der Waals surface area contributed by atoms with E-state index >= 15 is 0 Å². The quantitative estimate of drug-likeness (QED) is 0.373. The Morgan fingerprint density at radius 1 is 0.743 bits per heavy atom. The third kappa shape index (κ3) is 7.29. The molecule has 3 N–H and O–H groups in total. The second kappa shape index (κ2) is 10.2. The van der Waals surface area contributed by atoms with Crippen LogP contribution >= 0.6 is 0 Å². The minimum absolute atomic E-state index is 0.0326. The van der Waals surface area contributed by atoms with Crippen LogP contribution in [0.4, 0.5) is 31.1 Å². The van der Waals surface area contributed by atoms with Gasteiger partial charge >= 0.3 is 18.8 Å². The topological polar surface area (TPSA) is 73.6 Å². The minimum atomic E-state index is -4.98. The highest BCUT2D eigenvalue weighted by Crippen LogP contribution is 2.39. The first-order valence-corrected chi connectivity index (χ1v) is 10.2. The van der Waals surface area contributed by atoms with Gasteiger partial charge in [0.2, 0.25) is 0 Å². The number of amides is 2. The van der Waals surface area contributed by atoms with Crippen molar-refractivity contribution in [3.63, 3.8) is 0 Å². The summed E-state index contributed by atoms with van der Waals surface area (Å²) in [4.78, 5) is 12.1. The Morgan fingerprint density at radius 3 is 1.66 bits per heavy atom. The van der Waals surface area contributed by atoms with Crippen LogP contribution in [-0.4, -0.2) is 18.8 Å². The van der Waals surface area contributed by atoms with Crippen LogP contribution in [0, 0.1) is 0 Å². The maximum Gasteiger partial charge on any atom is 0.573 e. The van der Waals surface area contributed by atoms with E-state index in [1.165, 1.54) is 24.3 Å². The molecule has 0 spiro atoms. The number of rotatable bonds is 8. The van der Waals surface area contributed by atoms with Crippen molar-refractivity contribution in [1.82, 2.24) is 5.32 Å². The summed E-state index contributed by atoms with van der Waals surface area (Å²) in [6.45, 7) is 0. The first-order valence-electron chi connectivity index (χ1n) is 10.2. The highest BCUT2D eigenvalue weighted by Gasteiger charge is 2.38. The fourth-order valence-corrected chi connectivity index (χ4v) is 3.77. The number of nitrogens with two attached hydrogens (primary N) is 1. The second-order valence-corrected chi connectivity index (χ2v) is 7.53. The van der Waals surface area contributed by atoms with Crippen molar-refractivity contribution in [2.45, 2.75) is 31.1 Å². The highest BCUT2D eigenvalue weighted by molar-refractivity contribution is 5.74. The molecule has 0 aliphatic carbocycles. The molecule has 35 heavy (non-hydrogen) atoms. The molecule has 0 aliphatic heterocycles. The van der Waals surface area contributed by atoms with Crippen LogP contribution in [0.2, 0.25) is 0 Å². The number of benzene rings is 3. The highest BCUT2D eigenvalue weighted by atomic mass is 19.4. The van der Waals surface area contributed by atoms with Crippen LogP contribution < -0.4 is 20.5 Å². The van der Waals surface area contributed by atoms with E-state index < -0.39 is 35.8 Å². The van der Waals surface area contributed by atoms with Gasteiger partial charge in [-0.25, -0.2) is 4.79 Å². The van der Waals surface area contributed by atoms with E-state index in [-0.39, 0.29) is 24.0 Å². The van der Waals surface area contributed by atoms with E-state index in [4.69, 9.17) is 5.73 Å². The molecule has 3 rings (SSSR count). The Bertz CT molecular complexity index is 1090. The molecular weight excluding hydrogens is 478 g/mol. The van der Waals surface area contributed by atoms with Gasteiger partial charge in [-0.1, -0.05) is 54.6 Å². The molecule has 0 bridgehead atoms. The predicted molar refractivity (Wildman–Crippen MR) is 115 cm³/mol. The first kappa shape index (κ1) is 25.7. The van der Waals surface area contributed by atoms with Gasteiger partial charge in [-0.15, -0.1) is 26.3 Å². The molecule has 0 aliphatic rings. The lowest BCUT2D eigenvalue weighted by molar-refractivity contribution is -0.275. The first-order chi connectivity index (χ1) is 16.4. The van der Waals surface area contributed by atoms with E-state index in [2.05, 4.69) is 14.8 Å². The van der Waals surface area contributed by atoms with Crippen molar-refractivity contribution < 1.29 is 40.6 Å². The molecule has 5 nitrogen and oxygen atoms in total. The lowest BCUT2D eigenvalue weighted by Gasteiger charge is -2.36. The number of hydrogen-bond acceptors (Lipinski definition) is 3. The van der Waals surface area contributed by atoms with Gasteiger partial charge in [0.15, 0.2) is 0 Å². The van der Waals surface area contributed by atoms with Gasteiger partial charge < -0.3 is 20.5 Å². The van der Waals surface area contributed by atoms with Gasteiger partial charge in [-0.05, 0) is 53.8 Å². The number of carbonyl (C=O) groups excluding carboxylic acids is 1. The minimum Gasteiger partial charge on any atom is -0.406 e. The number of aryl methyl sites for hydroxylation is 1. The summed E-state index contributed by atoms with van der Waals surface area (Å²) < 4.78 is 85.1. The maximum atomic E-state index is 12.8. The summed E-state index contributed by atoms with van der Waals surface area (Å²) in [5, 5.41) is 2.54. The summed E-state index contributed by atoms with van der Waals surface area (Å²) in [6.07, 6.45) is -9.65. The standard InChI is InChI=1S/C24H20F6N2O3/c25-23(26,27)34-19-10-4-8-17(14-19)22(32-21(31)33,13-12-16-6-2-1-3-7-16)18-9-5-11-20(15-18)35-24(28,29)30/h1-11,14-15H,12-13H2,(H3,31,32,33). The fourth-order valence-electron chi connectivity index (χ4n) is 3.77. The van der Waals surface area contributed by atoms with Crippen molar-refractivity contribution in [3.05, 3.63) is 95.6 Å². The Balaban J connectivity index is 2.16. The second-order valence-electron chi connectivity index (χ2n) is 7.53. The zero-order chi connectivity index (χ0) is 25.7. The van der Waals surface area contributed by atoms with Crippen LogP contribution in [0.25, 0.3) is 0 Å². The fraction of sp³-hybridized carbons (Fsp3) is 0.208. The Hall–Kier alpha value is -3.89. The monoisotopic (exact) mass is 498 g/mol. The SMILES string of the molecule is NC(=O)NC(CCc1ccccc1)(c1cccc(OC(F)(F)F)c1)c1cccc(OC(F)(F)F)c1. The molecule has 2 amide bonds. The number of primary amides is 1. The van der Waals surface area contributed by atoms with Crippen molar-refractivity contribution in [1.29, 1.82) is 0 Å². The molecule has 0 fully saturated rings. The number of carbonyl (C=O) groups is 1. The Morgan fingerprint density at radius 2 is 1.23 bits per heavy atom.